The number of nitrogens with one attached hydrogen (secondary N) is 1. The quantitative estimate of drug-likeness (QED) is 0.585. The van der Waals surface area contributed by atoms with Crippen LogP contribution in [0.15, 0.2) is 24.3 Å². The van der Waals surface area contributed by atoms with Crippen LogP contribution >= 0.6 is 0 Å². The Morgan fingerprint density at radius 3 is 2.35 bits per heavy atom. The zero-order valence-electron chi connectivity index (χ0n) is 15.0. The van der Waals surface area contributed by atoms with Gasteiger partial charge in [-0.3, -0.25) is 14.9 Å². The largest absolute Gasteiger partial charge is 0.481 e. The SMILES string of the molecule is CC(C)(C)OC(=O)N1CC(CC(=O)O)(NCc2ccc([N+](=O)[O-])cc2)C1. The standard InChI is InChI=1S/C17H23N3O6/c1-16(2,3)26-15(23)19-10-17(11-19,8-14(21)22)18-9-12-4-6-13(7-5-12)20(24)25/h4-7,18H,8-11H2,1-3H3,(H,21,22). The van der Waals surface area contributed by atoms with E-state index in [1.807, 2.05) is 0 Å². The molecule has 142 valence electrons. The zero-order valence-corrected chi connectivity index (χ0v) is 15.0. The molecule has 1 amide bonds. The Balaban J connectivity index is 1.97. The van der Waals surface area contributed by atoms with Gasteiger partial charge in [-0.1, -0.05) is 12.1 Å². The van der Waals surface area contributed by atoms with Gasteiger partial charge in [-0.2, -0.15) is 0 Å². The Morgan fingerprint density at radius 2 is 1.88 bits per heavy atom. The molecule has 9 heteroatoms. The highest BCUT2D eigenvalue weighted by molar-refractivity contribution is 5.73. The number of non-ortho nitro benzene ring substituents is 1. The van der Waals surface area contributed by atoms with E-state index in [4.69, 9.17) is 4.74 Å². The molecular weight excluding hydrogens is 342 g/mol. The van der Waals surface area contributed by atoms with Crippen molar-refractivity contribution in [1.29, 1.82) is 0 Å². The van der Waals surface area contributed by atoms with Crippen LogP contribution in [-0.4, -0.2) is 51.2 Å². The lowest BCUT2D eigenvalue weighted by molar-refractivity contribution is -0.384. The lowest BCUT2D eigenvalue weighted by Gasteiger charge is -2.49. The average molecular weight is 365 g/mol. The van der Waals surface area contributed by atoms with Gasteiger partial charge in [0.1, 0.15) is 5.60 Å². The smallest absolute Gasteiger partial charge is 0.410 e. The number of nitro groups is 1. The van der Waals surface area contributed by atoms with Gasteiger partial charge in [0.05, 0.1) is 16.9 Å². The maximum atomic E-state index is 12.1. The number of nitro benzene ring substituents is 1. The highest BCUT2D eigenvalue weighted by Gasteiger charge is 2.47. The maximum absolute atomic E-state index is 12.1. The molecule has 0 atom stereocenters. The van der Waals surface area contributed by atoms with Crippen molar-refractivity contribution in [3.8, 4) is 0 Å². The molecule has 0 radical (unpaired) electrons. The van der Waals surface area contributed by atoms with Gasteiger partial charge in [-0.25, -0.2) is 4.79 Å². The average Bonchev–Trinajstić information content (AvgIpc) is 2.47. The van der Waals surface area contributed by atoms with Gasteiger partial charge >= 0.3 is 12.1 Å². The third kappa shape index (κ3) is 5.16. The normalized spacial score (nSPS) is 15.9. The summed E-state index contributed by atoms with van der Waals surface area (Å²) in [4.78, 5) is 34.9. The van der Waals surface area contributed by atoms with Crippen molar-refractivity contribution in [3.05, 3.63) is 39.9 Å². The van der Waals surface area contributed by atoms with Gasteiger partial charge in [0.15, 0.2) is 0 Å². The highest BCUT2D eigenvalue weighted by atomic mass is 16.6. The second-order valence-electron chi connectivity index (χ2n) is 7.46. The number of carboxylic acids is 1. The molecule has 9 nitrogen and oxygen atoms in total. The lowest BCUT2D eigenvalue weighted by Crippen LogP contribution is -2.71. The van der Waals surface area contributed by atoms with E-state index >= 15 is 0 Å². The Morgan fingerprint density at radius 1 is 1.31 bits per heavy atom. The van der Waals surface area contributed by atoms with Gasteiger partial charge < -0.3 is 20.1 Å². The molecule has 26 heavy (non-hydrogen) atoms. The molecule has 0 unspecified atom stereocenters. The zero-order chi connectivity index (χ0) is 19.5. The lowest BCUT2D eigenvalue weighted by atomic mass is 9.86. The Kier molecular flexibility index (Phi) is 5.50. The molecule has 1 aromatic rings. The molecule has 1 saturated heterocycles. The molecular formula is C17H23N3O6. The molecule has 1 aliphatic rings. The third-order valence-electron chi connectivity index (χ3n) is 3.94. The third-order valence-corrected chi connectivity index (χ3v) is 3.94. The molecule has 0 saturated carbocycles. The summed E-state index contributed by atoms with van der Waals surface area (Å²) in [6.07, 6.45) is -0.616. The van der Waals surface area contributed by atoms with E-state index in [0.717, 1.165) is 5.56 Å². The first-order valence-electron chi connectivity index (χ1n) is 8.18. The van der Waals surface area contributed by atoms with Crippen LogP contribution in [0, 0.1) is 10.1 Å². The number of benzene rings is 1. The summed E-state index contributed by atoms with van der Waals surface area (Å²) in [6, 6.07) is 6.02. The molecule has 2 N–H and O–H groups in total. The van der Waals surface area contributed by atoms with Gasteiger partial charge in [-0.15, -0.1) is 0 Å². The van der Waals surface area contributed by atoms with E-state index in [2.05, 4.69) is 5.32 Å². The van der Waals surface area contributed by atoms with Crippen LogP contribution in [-0.2, 0) is 16.1 Å². The molecule has 1 heterocycles. The van der Waals surface area contributed by atoms with Crippen LogP contribution in [0.4, 0.5) is 10.5 Å². The molecule has 0 aliphatic carbocycles. The van der Waals surface area contributed by atoms with Crippen LogP contribution in [0.5, 0.6) is 0 Å². The van der Waals surface area contributed by atoms with Crippen LogP contribution in [0.1, 0.15) is 32.8 Å². The predicted molar refractivity (Wildman–Crippen MR) is 92.7 cm³/mol. The number of carbonyl (C=O) groups is 2. The summed E-state index contributed by atoms with van der Waals surface area (Å²) in [5.41, 5.74) is -0.580. The first-order chi connectivity index (χ1) is 12.0. The summed E-state index contributed by atoms with van der Waals surface area (Å²) in [7, 11) is 0. The first kappa shape index (κ1) is 19.6. The van der Waals surface area contributed by atoms with E-state index in [9.17, 15) is 24.8 Å². The Bertz CT molecular complexity index is 689. The van der Waals surface area contributed by atoms with E-state index in [-0.39, 0.29) is 25.2 Å². The second kappa shape index (κ2) is 7.28. The van der Waals surface area contributed by atoms with Gasteiger partial charge in [-0.05, 0) is 26.3 Å². The van der Waals surface area contributed by atoms with E-state index < -0.39 is 28.1 Å². The summed E-state index contributed by atoms with van der Waals surface area (Å²) in [5.74, 6) is -0.968. The molecule has 0 aromatic heterocycles. The molecule has 0 bridgehead atoms. The fourth-order valence-corrected chi connectivity index (χ4v) is 2.74. The summed E-state index contributed by atoms with van der Waals surface area (Å²) in [6.45, 7) is 6.09. The van der Waals surface area contributed by atoms with Crippen LogP contribution in [0.2, 0.25) is 0 Å². The van der Waals surface area contributed by atoms with E-state index in [1.165, 1.54) is 17.0 Å². The number of rotatable bonds is 6. The van der Waals surface area contributed by atoms with Crippen LogP contribution < -0.4 is 5.32 Å². The number of carboxylic acid groups (broad SMARTS) is 1. The number of aliphatic carboxylic acids is 1. The molecule has 0 spiro atoms. The van der Waals surface area contributed by atoms with Crippen molar-refractivity contribution >= 4 is 17.7 Å². The minimum absolute atomic E-state index is 0.00579. The molecule has 2 rings (SSSR count). The summed E-state index contributed by atoms with van der Waals surface area (Å²) in [5, 5.41) is 23.0. The van der Waals surface area contributed by atoms with Crippen LogP contribution in [0.25, 0.3) is 0 Å². The topological polar surface area (TPSA) is 122 Å². The van der Waals surface area contributed by atoms with Crippen molar-refractivity contribution in [2.24, 2.45) is 0 Å². The number of amides is 1. The van der Waals surface area contributed by atoms with Gasteiger partial charge in [0, 0.05) is 31.8 Å². The van der Waals surface area contributed by atoms with Crippen molar-refractivity contribution in [1.82, 2.24) is 10.2 Å². The van der Waals surface area contributed by atoms with Crippen molar-refractivity contribution in [2.45, 2.75) is 44.9 Å². The number of nitrogens with zero attached hydrogens (tertiary/aromatic N) is 2. The van der Waals surface area contributed by atoms with Gasteiger partial charge in [0.25, 0.3) is 5.69 Å². The summed E-state index contributed by atoms with van der Waals surface area (Å²) < 4.78 is 5.29. The first-order valence-corrected chi connectivity index (χ1v) is 8.18. The molecule has 1 fully saturated rings. The predicted octanol–water partition coefficient (Wildman–Crippen LogP) is 2.15. The van der Waals surface area contributed by atoms with Crippen LogP contribution in [0.3, 0.4) is 0 Å². The minimum atomic E-state index is -0.968. The minimum Gasteiger partial charge on any atom is -0.481 e. The molecule has 1 aromatic carbocycles. The Hall–Kier alpha value is -2.68. The van der Waals surface area contributed by atoms with Crippen molar-refractivity contribution in [3.63, 3.8) is 0 Å². The van der Waals surface area contributed by atoms with E-state index in [1.54, 1.807) is 32.9 Å². The van der Waals surface area contributed by atoms with E-state index in [0.29, 0.717) is 6.54 Å². The van der Waals surface area contributed by atoms with Crippen molar-refractivity contribution in [2.75, 3.05) is 13.1 Å². The monoisotopic (exact) mass is 365 g/mol. The molecule has 1 aliphatic heterocycles. The highest BCUT2D eigenvalue weighted by Crippen LogP contribution is 2.27. The number of ether oxygens (including phenoxy) is 1. The number of carbonyl (C=O) groups excluding carboxylic acids is 1. The van der Waals surface area contributed by atoms with Crippen molar-refractivity contribution < 1.29 is 24.4 Å². The fourth-order valence-electron chi connectivity index (χ4n) is 2.74. The number of hydrogen-bond acceptors (Lipinski definition) is 6. The fraction of sp³-hybridized carbons (Fsp3) is 0.529. The number of likely N-dealkylation sites (tertiary alicyclic amines) is 1. The second-order valence-corrected chi connectivity index (χ2v) is 7.46. The summed E-state index contributed by atoms with van der Waals surface area (Å²) >= 11 is 0. The number of hydrogen-bond donors (Lipinski definition) is 2. The Labute approximate surface area is 151 Å². The maximum Gasteiger partial charge on any atom is 0.410 e. The van der Waals surface area contributed by atoms with Gasteiger partial charge in [0.2, 0.25) is 0 Å².